The van der Waals surface area contributed by atoms with Crippen LogP contribution in [0.1, 0.15) is 53.8 Å². The fourth-order valence-electron chi connectivity index (χ4n) is 8.08. The molecule has 59 heavy (non-hydrogen) atoms. The second kappa shape index (κ2) is 18.9. The van der Waals surface area contributed by atoms with Crippen LogP contribution in [0.15, 0.2) is 85.0 Å². The number of hydrogen-bond donors (Lipinski definition) is 2. The molecule has 2 aromatic carbocycles. The molecule has 0 saturated carbocycles. The van der Waals surface area contributed by atoms with Gasteiger partial charge in [0.1, 0.15) is 49.0 Å². The third kappa shape index (κ3) is 8.30. The van der Waals surface area contributed by atoms with Gasteiger partial charge >= 0.3 is 12.2 Å². The fraction of sp³-hybridized carbons (Fsp3) is 0.442. The molecule has 2 N–H and O–H groups in total. The van der Waals surface area contributed by atoms with Crippen LogP contribution in [0.4, 0.5) is 21.0 Å². The number of nitrogens with zero attached hydrogens (tertiary/aromatic N) is 4. The number of allylic oxidation sites excluding steroid dienone is 2. The summed E-state index contributed by atoms with van der Waals surface area (Å²) in [6.45, 7) is 11.6. The van der Waals surface area contributed by atoms with Crippen LogP contribution >= 0.6 is 0 Å². The van der Waals surface area contributed by atoms with Crippen molar-refractivity contribution in [3.8, 4) is 11.5 Å². The summed E-state index contributed by atoms with van der Waals surface area (Å²) in [6, 6.07) is 7.49. The van der Waals surface area contributed by atoms with E-state index in [2.05, 4.69) is 13.2 Å². The predicted molar refractivity (Wildman–Crippen MR) is 217 cm³/mol. The summed E-state index contributed by atoms with van der Waals surface area (Å²) in [5.74, 6) is 0.0403. The molecule has 16 nitrogen and oxygen atoms in total. The molecule has 2 aromatic rings. The van der Waals surface area contributed by atoms with Crippen LogP contribution in [0.25, 0.3) is 0 Å². The number of fused-ring (bicyclic) bond motifs is 4. The lowest BCUT2D eigenvalue weighted by atomic mass is 10.0. The van der Waals surface area contributed by atoms with Gasteiger partial charge in [-0.3, -0.25) is 9.59 Å². The van der Waals surface area contributed by atoms with Crippen LogP contribution in [-0.2, 0) is 18.9 Å². The van der Waals surface area contributed by atoms with Crippen molar-refractivity contribution >= 4 is 35.4 Å². The molecule has 2 unspecified atom stereocenters. The standard InChI is InChI=1S/C43H52N4O12/c1-7-18-58-42(52)46-32-16-14-28(54-5)22-30(32)38(48)44-24-26(9-3)36(34(44)40(46)50)56-20-12-11-13-21-57-37-27(10-4)25-45-35(37)41(51)47(43(53)59-19-8-2)33-17-15-29(55-6)23-31(33)39(45)49/h7-10,14-17,22-23,34-37,40-41,50-51H,1-2,11-13,18-21,24-25H2,3-6H3/b26-9-,27-10-/t34-,35-,36?,37?,40-,41-/m0/s1. The number of aliphatic hydroxyl groups excluding tert-OH is 2. The molecule has 2 fully saturated rings. The highest BCUT2D eigenvalue weighted by atomic mass is 16.6. The van der Waals surface area contributed by atoms with Gasteiger partial charge in [0.15, 0.2) is 12.5 Å². The number of carbonyl (C=O) groups excluding carboxylic acids is 4. The number of ether oxygens (including phenoxy) is 6. The van der Waals surface area contributed by atoms with Crippen molar-refractivity contribution in [1.29, 1.82) is 0 Å². The van der Waals surface area contributed by atoms with E-state index in [1.165, 1.54) is 48.3 Å². The largest absolute Gasteiger partial charge is 0.497 e. The highest BCUT2D eigenvalue weighted by Gasteiger charge is 2.53. The molecule has 0 bridgehead atoms. The minimum absolute atomic E-state index is 0.0961. The Kier molecular flexibility index (Phi) is 13.8. The maximum Gasteiger partial charge on any atom is 0.416 e. The molecule has 16 heteroatoms. The first kappa shape index (κ1) is 42.9. The Labute approximate surface area is 343 Å². The minimum Gasteiger partial charge on any atom is -0.497 e. The number of methoxy groups -OCH3 is 2. The maximum atomic E-state index is 14.0. The SMILES string of the molecule is C=CCOC(=O)N1c2ccc(OC)cc2C(=O)N2C/C(=C/C)C(OCCCCCOC3/C(=C\C)CN4C(=O)c5cc(OC)ccc5N(C(=O)OCC=C)[C@@H](O)[C@H]34)[C@H]2[C@@H]1O. The van der Waals surface area contributed by atoms with E-state index in [1.54, 1.807) is 24.3 Å². The summed E-state index contributed by atoms with van der Waals surface area (Å²) in [5.41, 5.74) is 2.28. The Morgan fingerprint density at radius 3 is 1.46 bits per heavy atom. The first-order chi connectivity index (χ1) is 28.5. The quantitative estimate of drug-likeness (QED) is 0.197. The second-order valence-corrected chi connectivity index (χ2v) is 14.3. The number of aliphatic hydroxyl groups is 2. The van der Waals surface area contributed by atoms with E-state index in [1.807, 2.05) is 26.0 Å². The third-order valence-electron chi connectivity index (χ3n) is 11.0. The van der Waals surface area contributed by atoms with Crippen LogP contribution in [0, 0.1) is 0 Å². The molecule has 6 atom stereocenters. The predicted octanol–water partition coefficient (Wildman–Crippen LogP) is 4.81. The molecule has 0 aliphatic carbocycles. The van der Waals surface area contributed by atoms with Gasteiger partial charge in [0.2, 0.25) is 0 Å². The molecule has 0 aromatic heterocycles. The van der Waals surface area contributed by atoms with Crippen molar-refractivity contribution in [2.24, 2.45) is 0 Å². The lowest BCUT2D eigenvalue weighted by Gasteiger charge is -2.34. The Balaban J connectivity index is 1.12. The summed E-state index contributed by atoms with van der Waals surface area (Å²) in [5, 5.41) is 23.7. The number of benzene rings is 2. The van der Waals surface area contributed by atoms with Crippen LogP contribution < -0.4 is 19.3 Å². The van der Waals surface area contributed by atoms with Gasteiger partial charge in [-0.1, -0.05) is 37.5 Å². The summed E-state index contributed by atoms with van der Waals surface area (Å²) >= 11 is 0. The van der Waals surface area contributed by atoms with E-state index in [9.17, 15) is 29.4 Å². The van der Waals surface area contributed by atoms with E-state index >= 15 is 0 Å². The second-order valence-electron chi connectivity index (χ2n) is 14.3. The van der Waals surface area contributed by atoms with Crippen molar-refractivity contribution < 1.29 is 57.8 Å². The van der Waals surface area contributed by atoms with Crippen molar-refractivity contribution in [2.45, 2.75) is 69.9 Å². The van der Waals surface area contributed by atoms with Crippen LogP contribution in [-0.4, -0.2) is 134 Å². The van der Waals surface area contributed by atoms with Crippen LogP contribution in [0.2, 0.25) is 0 Å². The maximum absolute atomic E-state index is 14.0. The van der Waals surface area contributed by atoms with E-state index in [4.69, 9.17) is 28.4 Å². The Morgan fingerprint density at radius 1 is 0.695 bits per heavy atom. The van der Waals surface area contributed by atoms with Gasteiger partial charge in [0.25, 0.3) is 11.8 Å². The third-order valence-corrected chi connectivity index (χ3v) is 11.0. The van der Waals surface area contributed by atoms with E-state index in [0.29, 0.717) is 30.8 Å². The number of hydrogen-bond acceptors (Lipinski definition) is 12. The molecule has 4 aliphatic rings. The molecule has 6 rings (SSSR count). The molecular weight excluding hydrogens is 764 g/mol. The molecule has 0 spiro atoms. The number of amides is 4. The number of carbonyl (C=O) groups is 4. The highest BCUT2D eigenvalue weighted by Crippen LogP contribution is 2.41. The molecule has 316 valence electrons. The fourth-order valence-corrected chi connectivity index (χ4v) is 8.08. The highest BCUT2D eigenvalue weighted by molar-refractivity contribution is 6.07. The monoisotopic (exact) mass is 816 g/mol. The summed E-state index contributed by atoms with van der Waals surface area (Å²) in [7, 11) is 2.95. The summed E-state index contributed by atoms with van der Waals surface area (Å²) < 4.78 is 34.2. The molecule has 4 amide bonds. The van der Waals surface area contributed by atoms with Gasteiger partial charge in [0, 0.05) is 26.3 Å². The molecule has 4 aliphatic heterocycles. The Hall–Kier alpha value is -5.68. The molecule has 2 saturated heterocycles. The van der Waals surface area contributed by atoms with Gasteiger partial charge in [0.05, 0.1) is 36.7 Å². The average molecular weight is 817 g/mol. The topological polar surface area (TPSA) is 177 Å². The van der Waals surface area contributed by atoms with Crippen LogP contribution in [0.3, 0.4) is 0 Å². The minimum atomic E-state index is -1.51. The summed E-state index contributed by atoms with van der Waals surface area (Å²) in [4.78, 5) is 60.0. The van der Waals surface area contributed by atoms with Crippen molar-refractivity contribution in [3.63, 3.8) is 0 Å². The Morgan fingerprint density at radius 2 is 1.10 bits per heavy atom. The van der Waals surface area contributed by atoms with Crippen molar-refractivity contribution in [3.05, 3.63) is 96.1 Å². The van der Waals surface area contributed by atoms with Gasteiger partial charge in [-0.05, 0) is 80.7 Å². The van der Waals surface area contributed by atoms with Crippen molar-refractivity contribution in [1.82, 2.24) is 9.80 Å². The zero-order valence-corrected chi connectivity index (χ0v) is 33.8. The zero-order valence-electron chi connectivity index (χ0n) is 33.8. The normalized spacial score (nSPS) is 24.8. The van der Waals surface area contributed by atoms with Gasteiger partial charge in [-0.2, -0.15) is 0 Å². The van der Waals surface area contributed by atoms with E-state index in [0.717, 1.165) is 20.9 Å². The first-order valence-electron chi connectivity index (χ1n) is 19.6. The summed E-state index contributed by atoms with van der Waals surface area (Å²) in [6.07, 6.45) is 2.24. The zero-order chi connectivity index (χ0) is 42.4. The van der Waals surface area contributed by atoms with E-state index in [-0.39, 0.29) is 62.0 Å². The van der Waals surface area contributed by atoms with Crippen molar-refractivity contribution in [2.75, 3.05) is 63.5 Å². The van der Waals surface area contributed by atoms with Crippen LogP contribution in [0.5, 0.6) is 11.5 Å². The number of rotatable bonds is 14. The van der Waals surface area contributed by atoms with E-state index < -0.39 is 60.7 Å². The lowest BCUT2D eigenvalue weighted by Crippen LogP contribution is -2.55. The Bertz CT molecular complexity index is 1860. The lowest BCUT2D eigenvalue weighted by molar-refractivity contribution is -0.0172. The first-order valence-corrected chi connectivity index (χ1v) is 19.6. The number of unbranched alkanes of at least 4 members (excludes halogenated alkanes) is 2. The average Bonchev–Trinajstić information content (AvgIpc) is 3.77. The van der Waals surface area contributed by atoms with Gasteiger partial charge < -0.3 is 48.4 Å². The molecule has 4 heterocycles. The molecular formula is C43H52N4O12. The smallest absolute Gasteiger partial charge is 0.416 e. The number of anilines is 2. The molecule has 0 radical (unpaired) electrons. The van der Waals surface area contributed by atoms with Gasteiger partial charge in [-0.15, -0.1) is 0 Å². The van der Waals surface area contributed by atoms with Gasteiger partial charge in [-0.25, -0.2) is 19.4 Å².